The number of ether oxygens (including phenoxy) is 1. The van der Waals surface area contributed by atoms with Crippen LogP contribution in [-0.2, 0) is 14.3 Å². The van der Waals surface area contributed by atoms with Crippen molar-refractivity contribution < 1.29 is 19.1 Å². The topological polar surface area (TPSA) is 87.7 Å². The van der Waals surface area contributed by atoms with Crippen molar-refractivity contribution in [3.8, 4) is 0 Å². The van der Waals surface area contributed by atoms with E-state index in [9.17, 15) is 14.4 Å². The number of rotatable bonds is 10. The highest BCUT2D eigenvalue weighted by atomic mass is 16.6. The lowest BCUT2D eigenvalue weighted by atomic mass is 9.93. The summed E-state index contributed by atoms with van der Waals surface area (Å²) in [6, 6.07) is 4.28. The van der Waals surface area contributed by atoms with E-state index < -0.39 is 23.8 Å². The van der Waals surface area contributed by atoms with Crippen molar-refractivity contribution in [2.75, 3.05) is 6.54 Å². The van der Waals surface area contributed by atoms with Crippen LogP contribution < -0.4 is 10.6 Å². The van der Waals surface area contributed by atoms with E-state index in [-0.39, 0.29) is 30.3 Å². The summed E-state index contributed by atoms with van der Waals surface area (Å²) >= 11 is 0. The minimum absolute atomic E-state index is 0.0994. The first-order valence-corrected chi connectivity index (χ1v) is 13.6. The van der Waals surface area contributed by atoms with E-state index in [2.05, 4.69) is 17.2 Å². The molecule has 2 rings (SSSR count). The molecule has 1 aromatic rings. The van der Waals surface area contributed by atoms with Gasteiger partial charge in [-0.15, -0.1) is 6.58 Å². The van der Waals surface area contributed by atoms with Crippen molar-refractivity contribution in [1.29, 1.82) is 0 Å². The maximum atomic E-state index is 14.1. The van der Waals surface area contributed by atoms with Gasteiger partial charge < -0.3 is 20.3 Å². The van der Waals surface area contributed by atoms with Gasteiger partial charge in [0, 0.05) is 12.6 Å². The number of hydrogen-bond acceptors (Lipinski definition) is 4. The van der Waals surface area contributed by atoms with Crippen LogP contribution in [0, 0.1) is 19.8 Å². The predicted octanol–water partition coefficient (Wildman–Crippen LogP) is 5.75. The second-order valence-corrected chi connectivity index (χ2v) is 11.7. The summed E-state index contributed by atoms with van der Waals surface area (Å²) in [6.45, 7) is 17.4. The van der Waals surface area contributed by atoms with Gasteiger partial charge in [0.25, 0.3) is 0 Å². The molecule has 0 aliphatic heterocycles. The Kier molecular flexibility index (Phi) is 11.2. The minimum atomic E-state index is -0.846. The van der Waals surface area contributed by atoms with Gasteiger partial charge in [-0.1, -0.05) is 57.4 Å². The zero-order valence-electron chi connectivity index (χ0n) is 23.9. The van der Waals surface area contributed by atoms with Gasteiger partial charge in [0.1, 0.15) is 17.7 Å². The Bertz CT molecular complexity index is 945. The number of amides is 3. The molecule has 37 heavy (non-hydrogen) atoms. The molecule has 2 unspecified atom stereocenters. The van der Waals surface area contributed by atoms with Crippen molar-refractivity contribution in [3.63, 3.8) is 0 Å². The van der Waals surface area contributed by atoms with E-state index in [1.807, 2.05) is 45.9 Å². The van der Waals surface area contributed by atoms with E-state index in [0.29, 0.717) is 6.42 Å². The summed E-state index contributed by atoms with van der Waals surface area (Å²) in [4.78, 5) is 42.1. The lowest BCUT2D eigenvalue weighted by molar-refractivity contribution is -0.142. The van der Waals surface area contributed by atoms with E-state index >= 15 is 0 Å². The second kappa shape index (κ2) is 13.6. The number of nitrogens with one attached hydrogen (secondary N) is 2. The molecule has 0 aromatic heterocycles. The normalized spacial score (nSPS) is 16.0. The average Bonchev–Trinajstić information content (AvgIpc) is 2.79. The number of carbonyl (C=O) groups is 3. The molecule has 1 aliphatic rings. The third-order valence-corrected chi connectivity index (χ3v) is 6.66. The van der Waals surface area contributed by atoms with Crippen LogP contribution in [0.15, 0.2) is 30.9 Å². The summed E-state index contributed by atoms with van der Waals surface area (Å²) in [7, 11) is 0. The quantitative estimate of drug-likeness (QED) is 0.390. The fourth-order valence-electron chi connectivity index (χ4n) is 4.74. The van der Waals surface area contributed by atoms with Crippen molar-refractivity contribution >= 4 is 17.9 Å². The van der Waals surface area contributed by atoms with Crippen molar-refractivity contribution in [2.24, 2.45) is 5.92 Å². The van der Waals surface area contributed by atoms with Crippen LogP contribution >= 0.6 is 0 Å². The van der Waals surface area contributed by atoms with Crippen molar-refractivity contribution in [1.82, 2.24) is 15.5 Å². The molecule has 1 aliphatic carbocycles. The Morgan fingerprint density at radius 1 is 1.11 bits per heavy atom. The van der Waals surface area contributed by atoms with Crippen LogP contribution in [0.25, 0.3) is 0 Å². The molecule has 3 amide bonds. The Hall–Kier alpha value is -2.83. The fourth-order valence-corrected chi connectivity index (χ4v) is 4.74. The molecule has 1 fully saturated rings. The monoisotopic (exact) mass is 513 g/mol. The third kappa shape index (κ3) is 9.52. The third-order valence-electron chi connectivity index (χ3n) is 6.66. The first kappa shape index (κ1) is 30.4. The molecule has 2 atom stereocenters. The Labute approximate surface area is 223 Å². The molecule has 1 saturated carbocycles. The molecule has 2 N–H and O–H groups in total. The second-order valence-electron chi connectivity index (χ2n) is 11.7. The van der Waals surface area contributed by atoms with E-state index in [1.165, 1.54) is 6.42 Å². The summed E-state index contributed by atoms with van der Waals surface area (Å²) < 4.78 is 5.44. The van der Waals surface area contributed by atoms with Gasteiger partial charge in [-0.2, -0.15) is 0 Å². The standard InChI is InChI=1S/C30H47N3O4/c1-9-17-33(28(35)25(18-20(2)3)32-29(36)37-30(6,7)8)26(23-16-15-21(4)22(5)19-23)27(34)31-24-13-11-10-12-14-24/h9,15-16,19-20,24-26H,1,10-14,17-18H2,2-8H3,(H,31,34)(H,32,36). The highest BCUT2D eigenvalue weighted by Gasteiger charge is 2.37. The molecular formula is C30H47N3O4. The van der Waals surface area contributed by atoms with Crippen molar-refractivity contribution in [2.45, 2.75) is 111 Å². The Morgan fingerprint density at radius 2 is 1.76 bits per heavy atom. The maximum Gasteiger partial charge on any atom is 0.408 e. The zero-order chi connectivity index (χ0) is 27.8. The lowest BCUT2D eigenvalue weighted by Gasteiger charge is -2.35. The molecule has 7 nitrogen and oxygen atoms in total. The smallest absolute Gasteiger partial charge is 0.408 e. The van der Waals surface area contributed by atoms with Gasteiger partial charge in [-0.25, -0.2) is 4.79 Å². The van der Waals surface area contributed by atoms with Crippen molar-refractivity contribution in [3.05, 3.63) is 47.5 Å². The summed E-state index contributed by atoms with van der Waals surface area (Å²) in [6.07, 6.45) is 6.62. The molecule has 0 saturated heterocycles. The summed E-state index contributed by atoms with van der Waals surface area (Å²) in [5.74, 6) is -0.405. The van der Waals surface area contributed by atoms with Gasteiger partial charge in [0.05, 0.1) is 0 Å². The minimum Gasteiger partial charge on any atom is -0.444 e. The van der Waals surface area contributed by atoms with Crippen LogP contribution in [0.1, 0.15) is 95.9 Å². The van der Waals surface area contributed by atoms with Crippen LogP contribution in [0.3, 0.4) is 0 Å². The van der Waals surface area contributed by atoms with E-state index in [4.69, 9.17) is 4.74 Å². The SMILES string of the molecule is C=CCN(C(=O)C(CC(C)C)NC(=O)OC(C)(C)C)C(C(=O)NC1CCCCC1)c1ccc(C)c(C)c1. The predicted molar refractivity (Wildman–Crippen MR) is 148 cm³/mol. The fraction of sp³-hybridized carbons (Fsp3) is 0.633. The van der Waals surface area contributed by atoms with Gasteiger partial charge in [-0.3, -0.25) is 9.59 Å². The molecular weight excluding hydrogens is 466 g/mol. The molecule has 1 aromatic carbocycles. The van der Waals surface area contributed by atoms with Gasteiger partial charge in [-0.05, 0) is 76.5 Å². The average molecular weight is 514 g/mol. The molecule has 7 heteroatoms. The lowest BCUT2D eigenvalue weighted by Crippen LogP contribution is -2.54. The molecule has 0 radical (unpaired) electrons. The van der Waals surface area contributed by atoms with Gasteiger partial charge >= 0.3 is 6.09 Å². The number of nitrogens with zero attached hydrogens (tertiary/aromatic N) is 1. The number of hydrogen-bond donors (Lipinski definition) is 2. The maximum absolute atomic E-state index is 14.1. The van der Waals surface area contributed by atoms with E-state index in [1.54, 1.807) is 31.7 Å². The van der Waals surface area contributed by atoms with Gasteiger partial charge in [0.15, 0.2) is 0 Å². The summed E-state index contributed by atoms with van der Waals surface area (Å²) in [5.41, 5.74) is 2.20. The Balaban J connectivity index is 2.46. The summed E-state index contributed by atoms with van der Waals surface area (Å²) in [5, 5.41) is 5.99. The number of aryl methyl sites for hydroxylation is 2. The van der Waals surface area contributed by atoms with Crippen LogP contribution in [0.2, 0.25) is 0 Å². The van der Waals surface area contributed by atoms with Gasteiger partial charge in [0.2, 0.25) is 11.8 Å². The molecule has 206 valence electrons. The first-order valence-electron chi connectivity index (χ1n) is 13.6. The van der Waals surface area contributed by atoms with E-state index in [0.717, 1.165) is 42.4 Å². The van der Waals surface area contributed by atoms with Crippen LogP contribution in [-0.4, -0.2) is 47.0 Å². The van der Waals surface area contributed by atoms with Crippen LogP contribution in [0.4, 0.5) is 4.79 Å². The largest absolute Gasteiger partial charge is 0.444 e. The molecule has 0 heterocycles. The number of benzene rings is 1. The molecule has 0 bridgehead atoms. The first-order chi connectivity index (χ1) is 17.3. The Morgan fingerprint density at radius 3 is 2.30 bits per heavy atom. The van der Waals surface area contributed by atoms with Crippen LogP contribution in [0.5, 0.6) is 0 Å². The number of alkyl carbamates (subject to hydrolysis) is 1. The highest BCUT2D eigenvalue weighted by Crippen LogP contribution is 2.27. The number of carbonyl (C=O) groups excluding carboxylic acids is 3. The molecule has 0 spiro atoms. The zero-order valence-corrected chi connectivity index (χ0v) is 23.9. The highest BCUT2D eigenvalue weighted by molar-refractivity contribution is 5.92.